The smallest absolute Gasteiger partial charge is 0.335 e. The molecule has 0 radical (unpaired) electrons. The molecule has 1 heterocycles. The van der Waals surface area contributed by atoms with Crippen LogP contribution in [0.15, 0.2) is 36.7 Å². The minimum absolute atomic E-state index is 0.345. The zero-order valence-corrected chi connectivity index (χ0v) is 15.5. The van der Waals surface area contributed by atoms with Gasteiger partial charge in [0.05, 0.1) is 5.56 Å². The molecule has 25 heavy (non-hydrogen) atoms. The molecule has 0 bridgehead atoms. The molecule has 0 unspecified atom stereocenters. The molecule has 4 nitrogen and oxygen atoms in total. The zero-order valence-electron chi connectivity index (χ0n) is 15.5. The number of rotatable bonds is 9. The number of carboxylic acids is 1. The fourth-order valence-corrected chi connectivity index (χ4v) is 3.08. The van der Waals surface area contributed by atoms with E-state index >= 15 is 0 Å². The van der Waals surface area contributed by atoms with Crippen LogP contribution < -0.4 is 4.90 Å². The molecule has 0 aliphatic rings. The summed E-state index contributed by atoms with van der Waals surface area (Å²) >= 11 is 0. The molecular formula is C21H28N2O2. The Morgan fingerprint density at radius 3 is 2.36 bits per heavy atom. The minimum Gasteiger partial charge on any atom is -0.478 e. The topological polar surface area (TPSA) is 53.4 Å². The van der Waals surface area contributed by atoms with Crippen LogP contribution in [0.5, 0.6) is 0 Å². The van der Waals surface area contributed by atoms with Gasteiger partial charge in [-0.2, -0.15) is 0 Å². The maximum Gasteiger partial charge on any atom is 0.335 e. The Bertz CT molecular complexity index is 691. The van der Waals surface area contributed by atoms with Crippen LogP contribution in [0.3, 0.4) is 0 Å². The Labute approximate surface area is 150 Å². The van der Waals surface area contributed by atoms with E-state index in [9.17, 15) is 9.90 Å². The van der Waals surface area contributed by atoms with Crippen molar-refractivity contribution in [1.29, 1.82) is 0 Å². The number of carboxylic acid groups (broad SMARTS) is 1. The van der Waals surface area contributed by atoms with Crippen LogP contribution in [-0.2, 0) is 0 Å². The molecule has 134 valence electrons. The number of unbranched alkanes of at least 4 members (excludes halogenated alkanes) is 2. The summed E-state index contributed by atoms with van der Waals surface area (Å²) in [5.41, 5.74) is 4.45. The highest BCUT2D eigenvalue weighted by Gasteiger charge is 2.18. The van der Waals surface area contributed by atoms with Crippen molar-refractivity contribution in [2.24, 2.45) is 0 Å². The van der Waals surface area contributed by atoms with Gasteiger partial charge in [0.1, 0.15) is 0 Å². The van der Waals surface area contributed by atoms with E-state index in [1.165, 1.54) is 0 Å². The second kappa shape index (κ2) is 9.21. The van der Waals surface area contributed by atoms with Gasteiger partial charge >= 0.3 is 5.97 Å². The van der Waals surface area contributed by atoms with Crippen LogP contribution in [0.2, 0.25) is 0 Å². The molecule has 0 atom stereocenters. The predicted octanol–water partition coefficient (Wildman–Crippen LogP) is 5.16. The number of aromatic nitrogens is 1. The SMILES string of the molecule is CCCCN(CCCC)c1cc(C(=O)O)cc(C)c1-c1cccnc1. The number of pyridine rings is 1. The van der Waals surface area contributed by atoms with Crippen molar-refractivity contribution < 1.29 is 9.90 Å². The van der Waals surface area contributed by atoms with E-state index < -0.39 is 5.97 Å². The molecule has 4 heteroatoms. The second-order valence-corrected chi connectivity index (χ2v) is 6.43. The molecule has 1 N–H and O–H groups in total. The van der Waals surface area contributed by atoms with Gasteiger partial charge in [-0.15, -0.1) is 0 Å². The van der Waals surface area contributed by atoms with Gasteiger partial charge in [0.25, 0.3) is 0 Å². The third-order valence-corrected chi connectivity index (χ3v) is 4.42. The molecule has 2 aromatic rings. The number of anilines is 1. The van der Waals surface area contributed by atoms with Crippen LogP contribution in [0.4, 0.5) is 5.69 Å². The maximum atomic E-state index is 11.6. The summed E-state index contributed by atoms with van der Waals surface area (Å²) in [6.07, 6.45) is 8.02. The predicted molar refractivity (Wildman–Crippen MR) is 103 cm³/mol. The van der Waals surface area contributed by atoms with Crippen LogP contribution in [-0.4, -0.2) is 29.1 Å². The number of aryl methyl sites for hydroxylation is 1. The Morgan fingerprint density at radius 1 is 1.16 bits per heavy atom. The van der Waals surface area contributed by atoms with Gasteiger partial charge in [-0.05, 0) is 43.5 Å². The quantitative estimate of drug-likeness (QED) is 0.685. The molecule has 2 rings (SSSR count). The summed E-state index contributed by atoms with van der Waals surface area (Å²) in [5.74, 6) is -0.881. The third kappa shape index (κ3) is 4.81. The first-order chi connectivity index (χ1) is 12.1. The van der Waals surface area contributed by atoms with Crippen molar-refractivity contribution in [2.45, 2.75) is 46.5 Å². The lowest BCUT2D eigenvalue weighted by Gasteiger charge is -2.28. The monoisotopic (exact) mass is 340 g/mol. The summed E-state index contributed by atoms with van der Waals surface area (Å²) in [6.45, 7) is 8.21. The molecule has 1 aromatic heterocycles. The lowest BCUT2D eigenvalue weighted by Crippen LogP contribution is -2.26. The fourth-order valence-electron chi connectivity index (χ4n) is 3.08. The van der Waals surface area contributed by atoms with Crippen LogP contribution in [0.25, 0.3) is 11.1 Å². The van der Waals surface area contributed by atoms with Gasteiger partial charge < -0.3 is 10.0 Å². The van der Waals surface area contributed by atoms with Crippen molar-refractivity contribution in [3.05, 3.63) is 47.8 Å². The summed E-state index contributed by atoms with van der Waals surface area (Å²) in [7, 11) is 0. The standard InChI is InChI=1S/C21H28N2O2/c1-4-6-11-23(12-7-5-2)19-14-18(21(24)25)13-16(3)20(19)17-9-8-10-22-15-17/h8-10,13-15H,4-7,11-12H2,1-3H3,(H,24,25). The number of nitrogens with zero attached hydrogens (tertiary/aromatic N) is 2. The van der Waals surface area contributed by atoms with Gasteiger partial charge in [-0.3, -0.25) is 4.98 Å². The minimum atomic E-state index is -0.881. The summed E-state index contributed by atoms with van der Waals surface area (Å²) < 4.78 is 0. The Kier molecular flexibility index (Phi) is 6.99. The number of carbonyl (C=O) groups is 1. The molecule has 0 saturated heterocycles. The van der Waals surface area contributed by atoms with Crippen molar-refractivity contribution in [3.63, 3.8) is 0 Å². The van der Waals surface area contributed by atoms with Gasteiger partial charge in [0.15, 0.2) is 0 Å². The van der Waals surface area contributed by atoms with Gasteiger partial charge in [0, 0.05) is 42.3 Å². The summed E-state index contributed by atoms with van der Waals surface area (Å²) in [5, 5.41) is 9.50. The van der Waals surface area contributed by atoms with E-state index in [0.717, 1.165) is 61.2 Å². The Morgan fingerprint density at radius 2 is 1.84 bits per heavy atom. The largest absolute Gasteiger partial charge is 0.478 e. The van der Waals surface area contributed by atoms with Crippen LogP contribution in [0.1, 0.15) is 55.5 Å². The van der Waals surface area contributed by atoms with E-state index in [0.29, 0.717) is 5.56 Å². The average Bonchev–Trinajstić information content (AvgIpc) is 2.62. The van der Waals surface area contributed by atoms with Gasteiger partial charge in [-0.1, -0.05) is 32.8 Å². The maximum absolute atomic E-state index is 11.6. The van der Waals surface area contributed by atoms with Crippen molar-refractivity contribution in [3.8, 4) is 11.1 Å². The molecule has 0 fully saturated rings. The number of aromatic carboxylic acids is 1. The number of hydrogen-bond donors (Lipinski definition) is 1. The lowest BCUT2D eigenvalue weighted by molar-refractivity contribution is 0.0697. The van der Waals surface area contributed by atoms with E-state index in [-0.39, 0.29) is 0 Å². The molecule has 0 saturated carbocycles. The Hall–Kier alpha value is -2.36. The van der Waals surface area contributed by atoms with Crippen molar-refractivity contribution in [2.75, 3.05) is 18.0 Å². The highest BCUT2D eigenvalue weighted by molar-refractivity contribution is 5.93. The Balaban J connectivity index is 2.58. The van der Waals surface area contributed by atoms with Crippen LogP contribution >= 0.6 is 0 Å². The first-order valence-corrected chi connectivity index (χ1v) is 9.11. The molecule has 1 aromatic carbocycles. The van der Waals surface area contributed by atoms with E-state index in [4.69, 9.17) is 0 Å². The number of benzene rings is 1. The molecule has 0 aliphatic heterocycles. The van der Waals surface area contributed by atoms with Crippen molar-refractivity contribution >= 4 is 11.7 Å². The molecule has 0 aliphatic carbocycles. The second-order valence-electron chi connectivity index (χ2n) is 6.43. The fraction of sp³-hybridized carbons (Fsp3) is 0.429. The number of hydrogen-bond acceptors (Lipinski definition) is 3. The summed E-state index contributed by atoms with van der Waals surface area (Å²) in [4.78, 5) is 18.2. The van der Waals surface area contributed by atoms with Gasteiger partial charge in [0.2, 0.25) is 0 Å². The highest BCUT2D eigenvalue weighted by atomic mass is 16.4. The summed E-state index contributed by atoms with van der Waals surface area (Å²) in [6, 6.07) is 7.54. The molecule has 0 amide bonds. The lowest BCUT2D eigenvalue weighted by atomic mass is 9.96. The zero-order chi connectivity index (χ0) is 18.2. The molecular weight excluding hydrogens is 312 g/mol. The first kappa shape index (κ1) is 19.0. The molecule has 0 spiro atoms. The normalized spacial score (nSPS) is 10.7. The van der Waals surface area contributed by atoms with E-state index in [1.54, 1.807) is 12.3 Å². The van der Waals surface area contributed by atoms with Crippen molar-refractivity contribution in [1.82, 2.24) is 4.98 Å². The van der Waals surface area contributed by atoms with E-state index in [1.807, 2.05) is 31.3 Å². The third-order valence-electron chi connectivity index (χ3n) is 4.42. The first-order valence-electron chi connectivity index (χ1n) is 9.11. The average molecular weight is 340 g/mol. The van der Waals surface area contributed by atoms with E-state index in [2.05, 4.69) is 23.7 Å². The van der Waals surface area contributed by atoms with Crippen LogP contribution in [0, 0.1) is 6.92 Å². The van der Waals surface area contributed by atoms with Gasteiger partial charge in [-0.25, -0.2) is 4.79 Å². The highest BCUT2D eigenvalue weighted by Crippen LogP contribution is 2.35.